The van der Waals surface area contributed by atoms with Crippen LogP contribution in [-0.4, -0.2) is 10.2 Å². The molecule has 0 fully saturated rings. The van der Waals surface area contributed by atoms with Crippen LogP contribution in [0.1, 0.15) is 11.1 Å². The quantitative estimate of drug-likeness (QED) is 0.830. The fourth-order valence-corrected chi connectivity index (χ4v) is 1.53. The smallest absolute Gasteiger partial charge is 0.130 e. The lowest BCUT2D eigenvalue weighted by Crippen LogP contribution is -1.90. The molecule has 2 aromatic rings. The maximum atomic E-state index is 9.54. The first kappa shape index (κ1) is 11.3. The predicted octanol–water partition coefficient (Wildman–Crippen LogP) is 3.51. The molecular formula is C14H14O3. The van der Waals surface area contributed by atoms with E-state index in [9.17, 15) is 5.11 Å². The van der Waals surface area contributed by atoms with Gasteiger partial charge in [0.2, 0.25) is 0 Å². The molecule has 0 amide bonds. The van der Waals surface area contributed by atoms with Gasteiger partial charge in [0.05, 0.1) is 0 Å². The van der Waals surface area contributed by atoms with Crippen molar-refractivity contribution in [1.29, 1.82) is 0 Å². The summed E-state index contributed by atoms with van der Waals surface area (Å²) in [6, 6.07) is 9.85. The summed E-state index contributed by atoms with van der Waals surface area (Å²) in [5, 5.41) is 18.7. The molecule has 2 rings (SSSR count). The molecule has 0 radical (unpaired) electrons. The number of aromatic hydroxyl groups is 2. The molecule has 0 saturated carbocycles. The van der Waals surface area contributed by atoms with Gasteiger partial charge in [-0.2, -0.15) is 0 Å². The van der Waals surface area contributed by atoms with Gasteiger partial charge >= 0.3 is 0 Å². The molecule has 3 heteroatoms. The van der Waals surface area contributed by atoms with Crippen molar-refractivity contribution < 1.29 is 14.9 Å². The molecule has 2 N–H and O–H groups in total. The summed E-state index contributed by atoms with van der Waals surface area (Å²) < 4.78 is 5.68. The standard InChI is InChI=1S/C14H14O3/c1-9-10(2)14(8-7-13(9)16)17-12-5-3-11(15)4-6-12/h3-8,15-16H,1-2H3. The van der Waals surface area contributed by atoms with Crippen LogP contribution in [0.5, 0.6) is 23.0 Å². The first-order chi connectivity index (χ1) is 8.08. The van der Waals surface area contributed by atoms with Crippen LogP contribution in [0.2, 0.25) is 0 Å². The predicted molar refractivity (Wildman–Crippen MR) is 65.8 cm³/mol. The van der Waals surface area contributed by atoms with Crippen molar-refractivity contribution in [2.24, 2.45) is 0 Å². The summed E-state index contributed by atoms with van der Waals surface area (Å²) in [6.07, 6.45) is 0. The van der Waals surface area contributed by atoms with E-state index in [1.165, 1.54) is 0 Å². The van der Waals surface area contributed by atoms with Gasteiger partial charge in [-0.3, -0.25) is 0 Å². The Hall–Kier alpha value is -2.16. The number of hydrogen-bond donors (Lipinski definition) is 2. The SMILES string of the molecule is Cc1c(O)ccc(Oc2ccc(O)cc2)c1C. The van der Waals surface area contributed by atoms with E-state index in [1.807, 2.05) is 13.8 Å². The summed E-state index contributed by atoms with van der Waals surface area (Å²) >= 11 is 0. The summed E-state index contributed by atoms with van der Waals surface area (Å²) in [6.45, 7) is 3.74. The van der Waals surface area contributed by atoms with E-state index < -0.39 is 0 Å². The van der Waals surface area contributed by atoms with Gasteiger partial charge in [0.25, 0.3) is 0 Å². The zero-order valence-electron chi connectivity index (χ0n) is 9.77. The van der Waals surface area contributed by atoms with Crippen molar-refractivity contribution in [3.63, 3.8) is 0 Å². The Balaban J connectivity index is 2.30. The van der Waals surface area contributed by atoms with Gasteiger partial charge in [0, 0.05) is 0 Å². The topological polar surface area (TPSA) is 49.7 Å². The van der Waals surface area contributed by atoms with Gasteiger partial charge in [-0.1, -0.05) is 0 Å². The molecule has 0 aliphatic carbocycles. The lowest BCUT2D eigenvalue weighted by Gasteiger charge is -2.11. The van der Waals surface area contributed by atoms with Crippen LogP contribution in [-0.2, 0) is 0 Å². The van der Waals surface area contributed by atoms with Crippen LogP contribution in [0.25, 0.3) is 0 Å². The Morgan fingerprint density at radius 1 is 0.824 bits per heavy atom. The highest BCUT2D eigenvalue weighted by Gasteiger charge is 2.07. The Kier molecular flexibility index (Phi) is 2.91. The van der Waals surface area contributed by atoms with E-state index in [1.54, 1.807) is 36.4 Å². The molecule has 0 heterocycles. The monoisotopic (exact) mass is 230 g/mol. The van der Waals surface area contributed by atoms with Crippen molar-refractivity contribution in [2.45, 2.75) is 13.8 Å². The van der Waals surface area contributed by atoms with Crippen molar-refractivity contribution in [2.75, 3.05) is 0 Å². The third-order valence-corrected chi connectivity index (χ3v) is 2.77. The molecule has 17 heavy (non-hydrogen) atoms. The van der Waals surface area contributed by atoms with Crippen LogP contribution >= 0.6 is 0 Å². The fraction of sp³-hybridized carbons (Fsp3) is 0.143. The van der Waals surface area contributed by atoms with Gasteiger partial charge in [0.1, 0.15) is 23.0 Å². The minimum absolute atomic E-state index is 0.205. The second kappa shape index (κ2) is 4.37. The number of rotatable bonds is 2. The van der Waals surface area contributed by atoms with Crippen LogP contribution in [0.3, 0.4) is 0 Å². The van der Waals surface area contributed by atoms with Crippen molar-refractivity contribution in [1.82, 2.24) is 0 Å². The Morgan fingerprint density at radius 3 is 2.12 bits per heavy atom. The number of ether oxygens (including phenoxy) is 1. The second-order valence-electron chi connectivity index (χ2n) is 3.93. The molecule has 88 valence electrons. The number of phenolic OH excluding ortho intramolecular Hbond substituents is 2. The maximum Gasteiger partial charge on any atom is 0.130 e. The molecule has 0 unspecified atom stereocenters. The highest BCUT2D eigenvalue weighted by molar-refractivity contribution is 5.48. The van der Waals surface area contributed by atoms with E-state index >= 15 is 0 Å². The van der Waals surface area contributed by atoms with Gasteiger partial charge in [-0.05, 0) is 61.4 Å². The number of hydrogen-bond acceptors (Lipinski definition) is 3. The number of benzene rings is 2. The van der Waals surface area contributed by atoms with Gasteiger partial charge in [-0.15, -0.1) is 0 Å². The third-order valence-electron chi connectivity index (χ3n) is 2.77. The van der Waals surface area contributed by atoms with Crippen molar-refractivity contribution >= 4 is 0 Å². The molecular weight excluding hydrogens is 216 g/mol. The molecule has 0 aliphatic heterocycles. The molecule has 0 aliphatic rings. The Bertz CT molecular complexity index is 530. The first-order valence-corrected chi connectivity index (χ1v) is 5.34. The van der Waals surface area contributed by atoms with E-state index in [-0.39, 0.29) is 11.5 Å². The van der Waals surface area contributed by atoms with Crippen LogP contribution in [0, 0.1) is 13.8 Å². The molecule has 0 atom stereocenters. The Labute approximate surface area is 99.9 Å². The molecule has 0 spiro atoms. The molecule has 0 bridgehead atoms. The van der Waals surface area contributed by atoms with Gasteiger partial charge < -0.3 is 14.9 Å². The first-order valence-electron chi connectivity index (χ1n) is 5.34. The third kappa shape index (κ3) is 2.33. The molecule has 0 aromatic heterocycles. The summed E-state index contributed by atoms with van der Waals surface area (Å²) in [4.78, 5) is 0. The van der Waals surface area contributed by atoms with Crippen LogP contribution in [0.15, 0.2) is 36.4 Å². The van der Waals surface area contributed by atoms with Gasteiger partial charge in [-0.25, -0.2) is 0 Å². The van der Waals surface area contributed by atoms with E-state index in [2.05, 4.69) is 0 Å². The summed E-state index contributed by atoms with van der Waals surface area (Å²) in [5.74, 6) is 1.82. The average molecular weight is 230 g/mol. The highest BCUT2D eigenvalue weighted by atomic mass is 16.5. The normalized spacial score (nSPS) is 10.2. The summed E-state index contributed by atoms with van der Waals surface area (Å²) in [7, 11) is 0. The van der Waals surface area contributed by atoms with E-state index in [0.717, 1.165) is 11.1 Å². The minimum Gasteiger partial charge on any atom is -0.508 e. The summed E-state index contributed by atoms with van der Waals surface area (Å²) in [5.41, 5.74) is 1.71. The average Bonchev–Trinajstić information content (AvgIpc) is 2.33. The van der Waals surface area contributed by atoms with Crippen molar-refractivity contribution in [3.05, 3.63) is 47.5 Å². The maximum absolute atomic E-state index is 9.54. The van der Waals surface area contributed by atoms with Crippen molar-refractivity contribution in [3.8, 4) is 23.0 Å². The lowest BCUT2D eigenvalue weighted by atomic mass is 10.1. The van der Waals surface area contributed by atoms with E-state index in [4.69, 9.17) is 9.84 Å². The largest absolute Gasteiger partial charge is 0.508 e. The van der Waals surface area contributed by atoms with E-state index in [0.29, 0.717) is 11.5 Å². The molecule has 3 nitrogen and oxygen atoms in total. The molecule has 0 saturated heterocycles. The highest BCUT2D eigenvalue weighted by Crippen LogP contribution is 2.31. The number of phenols is 2. The van der Waals surface area contributed by atoms with Crippen LogP contribution < -0.4 is 4.74 Å². The van der Waals surface area contributed by atoms with Crippen LogP contribution in [0.4, 0.5) is 0 Å². The fourth-order valence-electron chi connectivity index (χ4n) is 1.53. The zero-order chi connectivity index (χ0) is 12.4. The zero-order valence-corrected chi connectivity index (χ0v) is 9.77. The molecule has 2 aromatic carbocycles. The van der Waals surface area contributed by atoms with Gasteiger partial charge in [0.15, 0.2) is 0 Å². The lowest BCUT2D eigenvalue weighted by molar-refractivity contribution is 0.454. The minimum atomic E-state index is 0.205. The Morgan fingerprint density at radius 2 is 1.47 bits per heavy atom. The second-order valence-corrected chi connectivity index (χ2v) is 3.93.